The summed E-state index contributed by atoms with van der Waals surface area (Å²) in [6, 6.07) is 12.3. The maximum absolute atomic E-state index is 4.86. The third-order valence-electron chi connectivity index (χ3n) is 3.33. The topological polar surface area (TPSA) is 47.1 Å². The Morgan fingerprint density at radius 3 is 2.76 bits per heavy atom. The van der Waals surface area contributed by atoms with E-state index in [-0.39, 0.29) is 0 Å². The van der Waals surface area contributed by atoms with Gasteiger partial charge in [-0.2, -0.15) is 0 Å². The number of nitrogens with zero attached hydrogens (tertiary/aromatic N) is 4. The normalized spacial score (nSPS) is 11.1. The highest BCUT2D eigenvalue weighted by atomic mass is 16.5. The lowest BCUT2D eigenvalue weighted by molar-refractivity contribution is 0.292. The Hall–Kier alpha value is -2.40. The van der Waals surface area contributed by atoms with Crippen molar-refractivity contribution in [2.24, 2.45) is 0 Å². The minimum absolute atomic E-state index is 0.745. The summed E-state index contributed by atoms with van der Waals surface area (Å²) in [4.78, 5) is 6.63. The molecule has 0 saturated heterocycles. The lowest BCUT2D eigenvalue weighted by Gasteiger charge is -2.16. The molecule has 3 rings (SSSR count). The molecule has 5 heteroatoms. The molecule has 1 aromatic carbocycles. The number of hydrogen-bond acceptors (Lipinski definition) is 4. The Balaban J connectivity index is 1.65. The Labute approximate surface area is 123 Å². The van der Waals surface area contributed by atoms with E-state index in [2.05, 4.69) is 50.9 Å². The van der Waals surface area contributed by atoms with E-state index in [0.29, 0.717) is 0 Å². The van der Waals surface area contributed by atoms with Crippen LogP contribution in [0.5, 0.6) is 0 Å². The van der Waals surface area contributed by atoms with Gasteiger partial charge in [-0.1, -0.05) is 35.5 Å². The number of rotatable bonds is 6. The van der Waals surface area contributed by atoms with Gasteiger partial charge >= 0.3 is 0 Å². The SMILES string of the molecule is CN(Cc1ccon1)Cc1nccn1Cc1ccccc1. The van der Waals surface area contributed by atoms with Crippen molar-refractivity contribution in [3.05, 3.63) is 72.1 Å². The summed E-state index contributed by atoms with van der Waals surface area (Å²) in [5, 5.41) is 3.93. The number of hydrogen-bond donors (Lipinski definition) is 0. The molecular weight excluding hydrogens is 264 g/mol. The summed E-state index contributed by atoms with van der Waals surface area (Å²) in [5.41, 5.74) is 2.20. The average molecular weight is 282 g/mol. The van der Waals surface area contributed by atoms with Gasteiger partial charge in [-0.15, -0.1) is 0 Å². The Morgan fingerprint density at radius 2 is 2.00 bits per heavy atom. The molecule has 0 fully saturated rings. The summed E-state index contributed by atoms with van der Waals surface area (Å²) in [6.45, 7) is 2.36. The standard InChI is InChI=1S/C16H18N4O/c1-19(12-15-7-10-21-18-15)13-16-17-8-9-20(16)11-14-5-3-2-4-6-14/h2-10H,11-13H2,1H3. The molecule has 3 aromatic rings. The average Bonchev–Trinajstić information content (AvgIpc) is 3.13. The first-order valence-corrected chi connectivity index (χ1v) is 6.93. The summed E-state index contributed by atoms with van der Waals surface area (Å²) < 4.78 is 7.03. The van der Waals surface area contributed by atoms with Gasteiger partial charge in [0.05, 0.1) is 12.2 Å². The minimum atomic E-state index is 0.745. The van der Waals surface area contributed by atoms with Gasteiger partial charge in [0, 0.05) is 31.5 Å². The van der Waals surface area contributed by atoms with E-state index in [1.54, 1.807) is 6.26 Å². The molecule has 0 N–H and O–H groups in total. The maximum atomic E-state index is 4.86. The molecule has 5 nitrogen and oxygen atoms in total. The second kappa shape index (κ2) is 6.37. The summed E-state index contributed by atoms with van der Waals surface area (Å²) in [7, 11) is 2.05. The molecule has 0 aliphatic carbocycles. The molecule has 0 aliphatic heterocycles. The highest BCUT2D eigenvalue weighted by Gasteiger charge is 2.09. The van der Waals surface area contributed by atoms with Crippen molar-refractivity contribution in [2.75, 3.05) is 7.05 Å². The van der Waals surface area contributed by atoms with Crippen molar-refractivity contribution in [3.63, 3.8) is 0 Å². The molecule has 0 amide bonds. The van der Waals surface area contributed by atoms with Crippen molar-refractivity contribution in [2.45, 2.75) is 19.6 Å². The van der Waals surface area contributed by atoms with Crippen LogP contribution >= 0.6 is 0 Å². The van der Waals surface area contributed by atoms with E-state index in [9.17, 15) is 0 Å². The lowest BCUT2D eigenvalue weighted by Crippen LogP contribution is -2.20. The van der Waals surface area contributed by atoms with E-state index in [1.807, 2.05) is 24.5 Å². The largest absolute Gasteiger partial charge is 0.364 e. The van der Waals surface area contributed by atoms with Crippen LogP contribution in [-0.2, 0) is 19.6 Å². The Morgan fingerprint density at radius 1 is 1.14 bits per heavy atom. The van der Waals surface area contributed by atoms with Gasteiger partial charge < -0.3 is 9.09 Å². The monoisotopic (exact) mass is 282 g/mol. The molecule has 0 saturated carbocycles. The third kappa shape index (κ3) is 3.58. The van der Waals surface area contributed by atoms with Crippen LogP contribution in [0.3, 0.4) is 0 Å². The molecule has 0 aliphatic rings. The second-order valence-corrected chi connectivity index (χ2v) is 5.12. The Bertz CT molecular complexity index is 661. The molecule has 0 unspecified atom stereocenters. The van der Waals surface area contributed by atoms with Crippen LogP contribution in [0.15, 0.2) is 59.6 Å². The fourth-order valence-electron chi connectivity index (χ4n) is 2.31. The minimum Gasteiger partial charge on any atom is -0.364 e. The first-order valence-electron chi connectivity index (χ1n) is 6.93. The predicted octanol–water partition coefficient (Wildman–Crippen LogP) is 2.55. The van der Waals surface area contributed by atoms with Gasteiger partial charge in [0.25, 0.3) is 0 Å². The van der Waals surface area contributed by atoms with Crippen LogP contribution in [0.25, 0.3) is 0 Å². The van der Waals surface area contributed by atoms with Gasteiger partial charge in [0.15, 0.2) is 0 Å². The Kier molecular flexibility index (Phi) is 4.12. The van der Waals surface area contributed by atoms with Crippen LogP contribution in [0.1, 0.15) is 17.1 Å². The third-order valence-corrected chi connectivity index (χ3v) is 3.33. The van der Waals surface area contributed by atoms with E-state index in [4.69, 9.17) is 4.52 Å². The molecule has 2 heterocycles. The lowest BCUT2D eigenvalue weighted by atomic mass is 10.2. The molecule has 108 valence electrons. The van der Waals surface area contributed by atoms with Gasteiger partial charge in [0.1, 0.15) is 12.1 Å². The van der Waals surface area contributed by atoms with Gasteiger partial charge in [-0.05, 0) is 12.6 Å². The zero-order valence-corrected chi connectivity index (χ0v) is 12.0. The molecule has 21 heavy (non-hydrogen) atoms. The highest BCUT2D eigenvalue weighted by molar-refractivity contribution is 5.15. The molecule has 0 radical (unpaired) electrons. The van der Waals surface area contributed by atoms with Crippen LogP contribution in [0, 0.1) is 0 Å². The first kappa shape index (κ1) is 13.6. The van der Waals surface area contributed by atoms with Crippen LogP contribution in [-0.4, -0.2) is 26.7 Å². The second-order valence-electron chi connectivity index (χ2n) is 5.12. The zero-order valence-electron chi connectivity index (χ0n) is 12.0. The van der Waals surface area contributed by atoms with Crippen molar-refractivity contribution < 1.29 is 4.52 Å². The maximum Gasteiger partial charge on any atom is 0.124 e. The molecule has 0 spiro atoms. The van der Waals surface area contributed by atoms with Crippen molar-refractivity contribution in [1.82, 2.24) is 19.6 Å². The number of imidazole rings is 1. The van der Waals surface area contributed by atoms with Crippen molar-refractivity contribution in [3.8, 4) is 0 Å². The number of aromatic nitrogens is 3. The smallest absolute Gasteiger partial charge is 0.124 e. The fraction of sp³-hybridized carbons (Fsp3) is 0.250. The van der Waals surface area contributed by atoms with Gasteiger partial charge in [-0.25, -0.2) is 4.98 Å². The summed E-state index contributed by atoms with van der Waals surface area (Å²) in [6.07, 6.45) is 5.47. The van der Waals surface area contributed by atoms with E-state index >= 15 is 0 Å². The predicted molar refractivity (Wildman–Crippen MR) is 79.4 cm³/mol. The molecule has 0 bridgehead atoms. The number of benzene rings is 1. The molecular formula is C16H18N4O. The molecule has 0 atom stereocenters. The van der Waals surface area contributed by atoms with Gasteiger partial charge in [-0.3, -0.25) is 4.90 Å². The highest BCUT2D eigenvalue weighted by Crippen LogP contribution is 2.09. The van der Waals surface area contributed by atoms with E-state index < -0.39 is 0 Å². The van der Waals surface area contributed by atoms with E-state index in [1.165, 1.54) is 5.56 Å². The van der Waals surface area contributed by atoms with Crippen LogP contribution in [0.2, 0.25) is 0 Å². The van der Waals surface area contributed by atoms with E-state index in [0.717, 1.165) is 31.2 Å². The van der Waals surface area contributed by atoms with Crippen LogP contribution in [0.4, 0.5) is 0 Å². The summed E-state index contributed by atoms with van der Waals surface area (Å²) in [5.74, 6) is 1.05. The van der Waals surface area contributed by atoms with Crippen LogP contribution < -0.4 is 0 Å². The quantitative estimate of drug-likeness (QED) is 0.697. The van der Waals surface area contributed by atoms with Gasteiger partial charge in [0.2, 0.25) is 0 Å². The fourth-order valence-corrected chi connectivity index (χ4v) is 2.31. The first-order chi connectivity index (χ1) is 10.3. The summed E-state index contributed by atoms with van der Waals surface area (Å²) >= 11 is 0. The van der Waals surface area contributed by atoms with Crippen molar-refractivity contribution >= 4 is 0 Å². The van der Waals surface area contributed by atoms with Crippen molar-refractivity contribution in [1.29, 1.82) is 0 Å². The molecule has 2 aromatic heterocycles. The zero-order chi connectivity index (χ0) is 14.5.